The van der Waals surface area contributed by atoms with Crippen LogP contribution in [-0.4, -0.2) is 14.2 Å². The largest absolute Gasteiger partial charge is 0.496 e. The number of methoxy groups -OCH3 is 2. The molecule has 0 spiro atoms. The summed E-state index contributed by atoms with van der Waals surface area (Å²) >= 11 is 0. The normalized spacial score (nSPS) is 10.2. The first kappa shape index (κ1) is 13.9. The molecule has 106 valence electrons. The quantitative estimate of drug-likeness (QED) is 0.873. The maximum absolute atomic E-state index is 13.7. The molecule has 0 amide bonds. The highest BCUT2D eigenvalue weighted by atomic mass is 19.1. The van der Waals surface area contributed by atoms with Gasteiger partial charge in [-0.2, -0.15) is 0 Å². The van der Waals surface area contributed by atoms with Gasteiger partial charge in [-0.25, -0.2) is 8.78 Å². The third kappa shape index (κ3) is 2.90. The van der Waals surface area contributed by atoms with Crippen molar-refractivity contribution in [1.29, 1.82) is 0 Å². The maximum atomic E-state index is 13.7. The Balaban J connectivity index is 2.39. The highest BCUT2D eigenvalue weighted by Gasteiger charge is 2.14. The van der Waals surface area contributed by atoms with Crippen molar-refractivity contribution in [2.24, 2.45) is 0 Å². The molecule has 2 N–H and O–H groups in total. The first-order chi connectivity index (χ1) is 9.53. The number of halogens is 2. The lowest BCUT2D eigenvalue weighted by atomic mass is 10.2. The molecule has 0 bridgehead atoms. The molecular formula is C14H13F2NO3. The van der Waals surface area contributed by atoms with E-state index in [1.807, 2.05) is 0 Å². The Morgan fingerprint density at radius 3 is 1.70 bits per heavy atom. The molecule has 20 heavy (non-hydrogen) atoms. The van der Waals surface area contributed by atoms with Crippen LogP contribution in [0.2, 0.25) is 0 Å². The Hall–Kier alpha value is -2.50. The monoisotopic (exact) mass is 281 g/mol. The summed E-state index contributed by atoms with van der Waals surface area (Å²) in [7, 11) is 2.92. The highest BCUT2D eigenvalue weighted by Crippen LogP contribution is 2.33. The molecule has 0 aliphatic carbocycles. The van der Waals surface area contributed by atoms with Crippen LogP contribution in [0, 0.1) is 11.6 Å². The Kier molecular flexibility index (Phi) is 3.93. The lowest BCUT2D eigenvalue weighted by Crippen LogP contribution is -1.96. The Bertz CT molecular complexity index is 587. The fourth-order valence-corrected chi connectivity index (χ4v) is 1.64. The summed E-state index contributed by atoms with van der Waals surface area (Å²) in [6.45, 7) is 0. The molecule has 0 saturated carbocycles. The van der Waals surface area contributed by atoms with E-state index >= 15 is 0 Å². The van der Waals surface area contributed by atoms with Crippen molar-refractivity contribution in [3.63, 3.8) is 0 Å². The zero-order valence-electron chi connectivity index (χ0n) is 10.9. The third-order valence-electron chi connectivity index (χ3n) is 2.57. The number of ether oxygens (including phenoxy) is 3. The van der Waals surface area contributed by atoms with E-state index in [-0.39, 0.29) is 11.4 Å². The molecule has 0 radical (unpaired) electrons. The first-order valence-electron chi connectivity index (χ1n) is 5.69. The van der Waals surface area contributed by atoms with Gasteiger partial charge in [0, 0.05) is 36.0 Å². The Morgan fingerprint density at radius 2 is 1.25 bits per heavy atom. The van der Waals surface area contributed by atoms with Crippen molar-refractivity contribution >= 4 is 5.69 Å². The molecule has 0 heterocycles. The minimum Gasteiger partial charge on any atom is -0.496 e. The molecule has 0 unspecified atom stereocenters. The average Bonchev–Trinajstić information content (AvgIpc) is 2.42. The minimum atomic E-state index is -0.885. The van der Waals surface area contributed by atoms with E-state index in [4.69, 9.17) is 19.9 Å². The van der Waals surface area contributed by atoms with Gasteiger partial charge in [-0.15, -0.1) is 0 Å². The SMILES string of the molecule is COc1cc(OC)cc(Oc2c(F)cc(N)cc2F)c1. The third-order valence-corrected chi connectivity index (χ3v) is 2.57. The maximum Gasteiger partial charge on any atom is 0.198 e. The second-order valence-electron chi connectivity index (χ2n) is 3.96. The molecule has 0 saturated heterocycles. The van der Waals surface area contributed by atoms with E-state index < -0.39 is 17.4 Å². The van der Waals surface area contributed by atoms with E-state index in [1.54, 1.807) is 6.07 Å². The van der Waals surface area contributed by atoms with Crippen molar-refractivity contribution in [2.75, 3.05) is 20.0 Å². The highest BCUT2D eigenvalue weighted by molar-refractivity contribution is 5.47. The van der Waals surface area contributed by atoms with Crippen LogP contribution >= 0.6 is 0 Å². The van der Waals surface area contributed by atoms with E-state index in [1.165, 1.54) is 26.4 Å². The molecule has 0 atom stereocenters. The predicted molar refractivity (Wildman–Crippen MR) is 70.4 cm³/mol. The molecular weight excluding hydrogens is 268 g/mol. The summed E-state index contributed by atoms with van der Waals surface area (Å²) in [6.07, 6.45) is 0. The molecule has 0 fully saturated rings. The second-order valence-corrected chi connectivity index (χ2v) is 3.96. The van der Waals surface area contributed by atoms with Crippen molar-refractivity contribution in [3.05, 3.63) is 42.0 Å². The number of nitrogen functional groups attached to an aromatic ring is 1. The van der Waals surface area contributed by atoms with Gasteiger partial charge in [-0.3, -0.25) is 0 Å². The molecule has 0 aliphatic rings. The number of nitrogens with two attached hydrogens (primary N) is 1. The fourth-order valence-electron chi connectivity index (χ4n) is 1.64. The van der Waals surface area contributed by atoms with E-state index in [9.17, 15) is 8.78 Å². The van der Waals surface area contributed by atoms with Gasteiger partial charge in [-0.05, 0) is 0 Å². The lowest BCUT2D eigenvalue weighted by molar-refractivity contribution is 0.377. The van der Waals surface area contributed by atoms with Crippen LogP contribution in [0.15, 0.2) is 30.3 Å². The van der Waals surface area contributed by atoms with Gasteiger partial charge in [0.2, 0.25) is 0 Å². The van der Waals surface area contributed by atoms with Crippen LogP contribution in [0.4, 0.5) is 14.5 Å². The summed E-state index contributed by atoms with van der Waals surface area (Å²) in [4.78, 5) is 0. The second kappa shape index (κ2) is 5.64. The summed E-state index contributed by atoms with van der Waals surface area (Å²) < 4.78 is 42.6. The molecule has 4 nitrogen and oxygen atoms in total. The standard InChI is InChI=1S/C14H13F2NO3/c1-18-9-5-10(19-2)7-11(6-9)20-14-12(15)3-8(17)4-13(14)16/h3-7H,17H2,1-2H3. The van der Waals surface area contributed by atoms with Crippen LogP contribution < -0.4 is 19.9 Å². The number of anilines is 1. The zero-order chi connectivity index (χ0) is 14.7. The molecule has 0 aromatic heterocycles. The summed E-state index contributed by atoms with van der Waals surface area (Å²) in [5.74, 6) is -1.24. The first-order valence-corrected chi connectivity index (χ1v) is 5.69. The van der Waals surface area contributed by atoms with Crippen molar-refractivity contribution in [2.45, 2.75) is 0 Å². The lowest BCUT2D eigenvalue weighted by Gasteiger charge is -2.11. The minimum absolute atomic E-state index is 0.0180. The summed E-state index contributed by atoms with van der Waals surface area (Å²) in [5.41, 5.74) is 5.32. The van der Waals surface area contributed by atoms with Crippen molar-refractivity contribution < 1.29 is 23.0 Å². The smallest absolute Gasteiger partial charge is 0.198 e. The number of hydrogen-bond donors (Lipinski definition) is 1. The molecule has 2 aromatic carbocycles. The van der Waals surface area contributed by atoms with Gasteiger partial charge in [0.25, 0.3) is 0 Å². The van der Waals surface area contributed by atoms with Gasteiger partial charge in [0.15, 0.2) is 17.4 Å². The van der Waals surface area contributed by atoms with Crippen LogP contribution in [-0.2, 0) is 0 Å². The predicted octanol–water partition coefficient (Wildman–Crippen LogP) is 3.36. The Labute approximate surface area is 114 Å². The van der Waals surface area contributed by atoms with E-state index in [0.717, 1.165) is 12.1 Å². The Morgan fingerprint density at radius 1 is 0.800 bits per heavy atom. The van der Waals surface area contributed by atoms with Crippen LogP contribution in [0.1, 0.15) is 0 Å². The van der Waals surface area contributed by atoms with Gasteiger partial charge >= 0.3 is 0 Å². The summed E-state index contributed by atoms with van der Waals surface area (Å²) in [5, 5.41) is 0. The molecule has 2 aromatic rings. The van der Waals surface area contributed by atoms with Gasteiger partial charge in [-0.1, -0.05) is 0 Å². The molecule has 2 rings (SSSR count). The molecule has 0 aliphatic heterocycles. The van der Waals surface area contributed by atoms with Crippen LogP contribution in [0.3, 0.4) is 0 Å². The van der Waals surface area contributed by atoms with Crippen LogP contribution in [0.5, 0.6) is 23.0 Å². The fraction of sp³-hybridized carbons (Fsp3) is 0.143. The van der Waals surface area contributed by atoms with Crippen LogP contribution in [0.25, 0.3) is 0 Å². The molecule has 6 heteroatoms. The number of rotatable bonds is 4. The number of benzene rings is 2. The van der Waals surface area contributed by atoms with Crippen molar-refractivity contribution in [3.8, 4) is 23.0 Å². The summed E-state index contributed by atoms with van der Waals surface area (Å²) in [6, 6.07) is 6.55. The van der Waals surface area contributed by atoms with Gasteiger partial charge < -0.3 is 19.9 Å². The topological polar surface area (TPSA) is 53.7 Å². The number of hydrogen-bond acceptors (Lipinski definition) is 4. The van der Waals surface area contributed by atoms with E-state index in [0.29, 0.717) is 11.5 Å². The zero-order valence-corrected chi connectivity index (χ0v) is 10.9. The van der Waals surface area contributed by atoms with E-state index in [2.05, 4.69) is 0 Å². The average molecular weight is 281 g/mol. The van der Waals surface area contributed by atoms with Crippen molar-refractivity contribution in [1.82, 2.24) is 0 Å². The van der Waals surface area contributed by atoms with Gasteiger partial charge in [0.1, 0.15) is 17.2 Å². The van der Waals surface area contributed by atoms with Gasteiger partial charge in [0.05, 0.1) is 14.2 Å².